The van der Waals surface area contributed by atoms with Crippen molar-refractivity contribution in [1.82, 2.24) is 10.5 Å². The number of aromatic nitrogens is 1. The molecule has 5 aromatic rings. The largest absolute Gasteiger partial charge is 0.380 e. The first-order valence-electron chi connectivity index (χ1n) is 11.8. The Morgan fingerprint density at radius 2 is 1.68 bits per heavy atom. The number of amides is 1. The highest BCUT2D eigenvalue weighted by Crippen LogP contribution is 2.54. The van der Waals surface area contributed by atoms with Crippen LogP contribution in [0.1, 0.15) is 50.4 Å². The lowest BCUT2D eigenvalue weighted by molar-refractivity contribution is 0.0857. The van der Waals surface area contributed by atoms with E-state index < -0.39 is 11.6 Å². The van der Waals surface area contributed by atoms with E-state index >= 15 is 0 Å². The minimum Gasteiger partial charge on any atom is -0.380 e. The van der Waals surface area contributed by atoms with E-state index in [1.165, 1.54) is 12.1 Å². The molecule has 6 nitrogen and oxygen atoms in total. The molecule has 1 aromatic heterocycles. The summed E-state index contributed by atoms with van der Waals surface area (Å²) in [5, 5.41) is 7.42. The van der Waals surface area contributed by atoms with E-state index in [0.717, 1.165) is 39.3 Å². The van der Waals surface area contributed by atoms with Gasteiger partial charge in [-0.05, 0) is 75.8 Å². The van der Waals surface area contributed by atoms with Crippen LogP contribution in [0.2, 0.25) is 0 Å². The van der Waals surface area contributed by atoms with Crippen LogP contribution in [0.5, 0.6) is 0 Å². The molecule has 2 atom stereocenters. The Labute approximate surface area is 209 Å². The van der Waals surface area contributed by atoms with Gasteiger partial charge >= 0.3 is 0 Å². The van der Waals surface area contributed by atoms with Gasteiger partial charge in [0.15, 0.2) is 11.4 Å². The van der Waals surface area contributed by atoms with Gasteiger partial charge in [0.2, 0.25) is 0 Å². The van der Waals surface area contributed by atoms with Gasteiger partial charge in [0.1, 0.15) is 23.8 Å². The van der Waals surface area contributed by atoms with E-state index in [1.807, 2.05) is 42.5 Å². The van der Waals surface area contributed by atoms with Crippen molar-refractivity contribution in [2.45, 2.75) is 18.8 Å². The van der Waals surface area contributed by atoms with E-state index in [4.69, 9.17) is 15.0 Å². The summed E-state index contributed by atoms with van der Waals surface area (Å²) in [6.45, 7) is 0.310. The van der Waals surface area contributed by atoms with Gasteiger partial charge in [0.25, 0.3) is 5.91 Å². The van der Waals surface area contributed by atoms with Crippen molar-refractivity contribution in [1.29, 1.82) is 0 Å². The zero-order valence-corrected chi connectivity index (χ0v) is 19.3. The topological polar surface area (TPSA) is 90.4 Å². The van der Waals surface area contributed by atoms with Gasteiger partial charge in [-0.1, -0.05) is 29.4 Å². The van der Waals surface area contributed by atoms with Gasteiger partial charge in [-0.2, -0.15) is 0 Å². The van der Waals surface area contributed by atoms with Gasteiger partial charge in [-0.15, -0.1) is 0 Å². The van der Waals surface area contributed by atoms with Crippen molar-refractivity contribution in [3.05, 3.63) is 118 Å². The number of carbonyl (C=O) groups is 1. The maximum Gasteiger partial charge on any atom is 0.251 e. The summed E-state index contributed by atoms with van der Waals surface area (Å²) in [6.07, 6.45) is -0.592. The molecule has 0 spiro atoms. The first-order valence-corrected chi connectivity index (χ1v) is 11.8. The number of nitrogens with two attached hydrogens (primary N) is 1. The number of nitrogens with one attached hydrogen (secondary N) is 1. The lowest BCUT2D eigenvalue weighted by Crippen LogP contribution is -2.23. The van der Waals surface area contributed by atoms with Gasteiger partial charge in [-0.3, -0.25) is 4.79 Å². The van der Waals surface area contributed by atoms with Gasteiger partial charge in [0, 0.05) is 23.7 Å². The average Bonchev–Trinajstić information content (AvgIpc) is 3.59. The first-order chi connectivity index (χ1) is 18.0. The van der Waals surface area contributed by atoms with Gasteiger partial charge in [-0.25, -0.2) is 8.78 Å². The predicted octanol–water partition coefficient (Wildman–Crippen LogP) is 5.81. The van der Waals surface area contributed by atoms with E-state index in [0.29, 0.717) is 34.6 Å². The van der Waals surface area contributed by atoms with Crippen LogP contribution < -0.4 is 11.1 Å². The number of fused-ring (bicyclic) bond motifs is 9. The number of rotatable bonds is 4. The van der Waals surface area contributed by atoms with Gasteiger partial charge < -0.3 is 20.3 Å². The van der Waals surface area contributed by atoms with Crippen LogP contribution >= 0.6 is 0 Å². The number of hydrogen-bond acceptors (Lipinski definition) is 5. The third-order valence-corrected chi connectivity index (χ3v) is 7.10. The monoisotopic (exact) mass is 495 g/mol. The fourth-order valence-electron chi connectivity index (χ4n) is 5.27. The Balaban J connectivity index is 1.14. The minimum absolute atomic E-state index is 0.217. The number of halogens is 2. The Morgan fingerprint density at radius 1 is 0.892 bits per heavy atom. The second-order valence-electron chi connectivity index (χ2n) is 9.29. The number of hydrogen-bond donors (Lipinski definition) is 2. The molecule has 4 aromatic carbocycles. The highest BCUT2D eigenvalue weighted by molar-refractivity contribution is 5.95. The van der Waals surface area contributed by atoms with E-state index in [9.17, 15) is 13.6 Å². The maximum absolute atomic E-state index is 14.4. The zero-order chi connectivity index (χ0) is 25.3. The van der Waals surface area contributed by atoms with E-state index in [-0.39, 0.29) is 18.1 Å². The maximum atomic E-state index is 14.4. The summed E-state index contributed by atoms with van der Waals surface area (Å²) in [6, 6.07) is 20.2. The van der Waals surface area contributed by atoms with Crippen molar-refractivity contribution in [2.75, 3.05) is 5.73 Å². The third kappa shape index (κ3) is 3.41. The summed E-state index contributed by atoms with van der Waals surface area (Å²) in [5.41, 5.74) is 12.5. The van der Waals surface area contributed by atoms with Gasteiger partial charge in [0.05, 0.1) is 5.39 Å². The Bertz CT molecular complexity index is 1750. The van der Waals surface area contributed by atoms with E-state index in [2.05, 4.69) is 10.5 Å². The molecule has 182 valence electrons. The van der Waals surface area contributed by atoms with Crippen LogP contribution in [0.15, 0.2) is 77.3 Å². The predicted molar refractivity (Wildman–Crippen MR) is 133 cm³/mol. The summed E-state index contributed by atoms with van der Waals surface area (Å²) < 4.78 is 39.2. The normalized spacial score (nSPS) is 17.1. The van der Waals surface area contributed by atoms with Crippen LogP contribution in [0.3, 0.4) is 0 Å². The molecule has 2 unspecified atom stereocenters. The summed E-state index contributed by atoms with van der Waals surface area (Å²) in [7, 11) is 0. The molecule has 2 aliphatic heterocycles. The molecule has 0 saturated carbocycles. The van der Waals surface area contributed by atoms with Crippen LogP contribution in [0.25, 0.3) is 22.1 Å². The molecular formula is C29H19F2N3O3. The summed E-state index contributed by atoms with van der Waals surface area (Å²) >= 11 is 0. The highest BCUT2D eigenvalue weighted by atomic mass is 19.1. The molecule has 0 saturated heterocycles. The molecule has 8 heteroatoms. The minimum atomic E-state index is -0.618. The van der Waals surface area contributed by atoms with Crippen molar-refractivity contribution in [3.8, 4) is 11.1 Å². The Hall–Kier alpha value is -4.56. The second-order valence-corrected chi connectivity index (χ2v) is 9.29. The highest BCUT2D eigenvalue weighted by Gasteiger charge is 2.43. The molecule has 0 fully saturated rings. The molecule has 2 bridgehead atoms. The molecule has 7 rings (SSSR count). The van der Waals surface area contributed by atoms with Crippen molar-refractivity contribution in [3.63, 3.8) is 0 Å². The number of anilines is 1. The zero-order valence-electron chi connectivity index (χ0n) is 19.3. The number of carbonyl (C=O) groups excluding carboxylic acids is 1. The van der Waals surface area contributed by atoms with Crippen LogP contribution in [-0.4, -0.2) is 11.1 Å². The molecule has 37 heavy (non-hydrogen) atoms. The van der Waals surface area contributed by atoms with Crippen molar-refractivity contribution < 1.29 is 22.8 Å². The molecular weight excluding hydrogens is 476 g/mol. The van der Waals surface area contributed by atoms with Crippen LogP contribution in [0, 0.1) is 11.6 Å². The third-order valence-electron chi connectivity index (χ3n) is 7.10. The van der Waals surface area contributed by atoms with Crippen LogP contribution in [-0.2, 0) is 11.3 Å². The van der Waals surface area contributed by atoms with E-state index in [1.54, 1.807) is 12.1 Å². The van der Waals surface area contributed by atoms with Crippen LogP contribution in [0.4, 0.5) is 14.6 Å². The smallest absolute Gasteiger partial charge is 0.251 e. The number of nitrogens with zero attached hydrogens (tertiary/aromatic N) is 1. The summed E-state index contributed by atoms with van der Waals surface area (Å²) in [5.74, 6) is -1.12. The number of benzene rings is 4. The molecule has 0 radical (unpaired) electrons. The van der Waals surface area contributed by atoms with Crippen molar-refractivity contribution in [2.24, 2.45) is 0 Å². The average molecular weight is 495 g/mol. The fraction of sp³-hybridized carbons (Fsp3) is 0.103. The quantitative estimate of drug-likeness (QED) is 0.329. The lowest BCUT2D eigenvalue weighted by atomic mass is 9.83. The lowest BCUT2D eigenvalue weighted by Gasteiger charge is -2.18. The molecule has 3 N–H and O–H groups in total. The molecule has 1 amide bonds. The fourth-order valence-corrected chi connectivity index (χ4v) is 5.27. The number of ether oxygens (including phenoxy) is 1. The Morgan fingerprint density at radius 3 is 2.51 bits per heavy atom. The molecule has 3 heterocycles. The first kappa shape index (κ1) is 21.7. The second kappa shape index (κ2) is 7.97. The summed E-state index contributed by atoms with van der Waals surface area (Å²) in [4.78, 5) is 13.0. The molecule has 0 aliphatic carbocycles. The van der Waals surface area contributed by atoms with Crippen molar-refractivity contribution >= 4 is 22.7 Å². The SMILES string of the molecule is Nc1noc2cc(CNC(=O)c3ccc4c(c3)C3OC4c4ccc(-c5ccc(F)cc5F)cc43)ccc12. The standard InChI is InChI=1S/C29H19F2N3O3/c30-17-4-8-18(24(31)12-17)15-2-6-19-22(10-15)27-23-11-16(3-7-20(23)26(19)36-27)29(35)33-13-14-1-5-21-25(9-14)37-34-28(21)32/h1-12,26-27H,13H2,(H2,32,34)(H,33,35). The Kier molecular flexibility index (Phi) is 4.68. The number of nitrogen functional groups attached to an aromatic ring is 1. The molecule has 2 aliphatic rings.